The second kappa shape index (κ2) is 8.39. The summed E-state index contributed by atoms with van der Waals surface area (Å²) in [6.07, 6.45) is 2.81. The van der Waals surface area contributed by atoms with E-state index >= 15 is 0 Å². The van der Waals surface area contributed by atoms with E-state index in [9.17, 15) is 0 Å². The van der Waals surface area contributed by atoms with Gasteiger partial charge in [-0.2, -0.15) is 0 Å². The minimum atomic E-state index is -2.46. The van der Waals surface area contributed by atoms with Crippen LogP contribution < -0.4 is 5.32 Å². The van der Waals surface area contributed by atoms with Crippen LogP contribution in [-0.2, 0) is 19.7 Å². The summed E-state index contributed by atoms with van der Waals surface area (Å²) in [4.78, 5) is 0. The highest BCUT2D eigenvalue weighted by Crippen LogP contribution is 2.04. The summed E-state index contributed by atoms with van der Waals surface area (Å²) in [6.45, 7) is 0.930. The number of hydrogen-bond donors (Lipinski definition) is 1. The van der Waals surface area contributed by atoms with Gasteiger partial charge in [-0.05, 0) is 24.9 Å². The van der Waals surface area contributed by atoms with Gasteiger partial charge < -0.3 is 18.6 Å². The van der Waals surface area contributed by atoms with Crippen LogP contribution in [0.4, 0.5) is 0 Å². The Labute approximate surface area is 111 Å². The molecule has 1 rings (SSSR count). The quantitative estimate of drug-likeness (QED) is 0.546. The highest BCUT2D eigenvalue weighted by molar-refractivity contribution is 6.60. The number of benzene rings is 1. The van der Waals surface area contributed by atoms with Crippen molar-refractivity contribution >= 4 is 8.80 Å². The van der Waals surface area contributed by atoms with Gasteiger partial charge in [-0.25, -0.2) is 0 Å². The highest BCUT2D eigenvalue weighted by Gasteiger charge is 2.37. The van der Waals surface area contributed by atoms with Crippen LogP contribution in [0.3, 0.4) is 0 Å². The lowest BCUT2D eigenvalue weighted by Gasteiger charge is -2.24. The molecule has 0 fully saturated rings. The zero-order valence-electron chi connectivity index (χ0n) is 11.4. The van der Waals surface area contributed by atoms with Crippen LogP contribution in [0.25, 0.3) is 0 Å². The van der Waals surface area contributed by atoms with Crippen molar-refractivity contribution in [2.45, 2.75) is 12.8 Å². The van der Waals surface area contributed by atoms with E-state index in [1.807, 2.05) is 6.07 Å². The molecule has 0 heterocycles. The van der Waals surface area contributed by atoms with Gasteiger partial charge in [-0.15, -0.1) is 0 Å². The number of rotatable bonds is 9. The Morgan fingerprint density at radius 3 is 2.17 bits per heavy atom. The van der Waals surface area contributed by atoms with Gasteiger partial charge in [-0.3, -0.25) is 0 Å². The molecule has 0 spiro atoms. The van der Waals surface area contributed by atoms with E-state index in [4.69, 9.17) is 13.3 Å². The van der Waals surface area contributed by atoms with Crippen LogP contribution in [0.5, 0.6) is 0 Å². The predicted molar refractivity (Wildman–Crippen MR) is 74.4 cm³/mol. The molecule has 1 N–H and O–H groups in total. The summed E-state index contributed by atoms with van der Waals surface area (Å²) in [5.74, 6) is 0. The first-order chi connectivity index (χ1) is 8.76. The standard InChI is InChI=1S/C13H23NO3Si/c1-15-18(16-2,17-3)12-14-11-7-10-13-8-5-4-6-9-13/h4-6,8-9,14H,7,10-12H2,1-3H3. The SMILES string of the molecule is CO[Si](CNCCCc1ccccc1)(OC)OC. The molecule has 0 amide bonds. The van der Waals surface area contributed by atoms with Crippen molar-refractivity contribution in [3.8, 4) is 0 Å². The average Bonchev–Trinajstić information content (AvgIpc) is 2.45. The van der Waals surface area contributed by atoms with Gasteiger partial charge >= 0.3 is 8.80 Å². The Morgan fingerprint density at radius 1 is 1.00 bits per heavy atom. The monoisotopic (exact) mass is 269 g/mol. The number of hydrogen-bond acceptors (Lipinski definition) is 4. The fraction of sp³-hybridized carbons (Fsp3) is 0.538. The smallest absolute Gasteiger partial charge is 0.376 e. The average molecular weight is 269 g/mol. The van der Waals surface area contributed by atoms with E-state index in [0.29, 0.717) is 6.17 Å². The van der Waals surface area contributed by atoms with Crippen LogP contribution in [0.15, 0.2) is 30.3 Å². The van der Waals surface area contributed by atoms with Crippen molar-refractivity contribution in [3.63, 3.8) is 0 Å². The van der Waals surface area contributed by atoms with E-state index in [1.54, 1.807) is 21.3 Å². The van der Waals surface area contributed by atoms with E-state index < -0.39 is 8.80 Å². The molecule has 5 heteroatoms. The lowest BCUT2D eigenvalue weighted by molar-refractivity contribution is 0.122. The highest BCUT2D eigenvalue weighted by atomic mass is 28.4. The molecule has 0 unspecified atom stereocenters. The predicted octanol–water partition coefficient (Wildman–Crippen LogP) is 1.63. The molecule has 0 aliphatic heterocycles. The molecule has 1 aromatic rings. The van der Waals surface area contributed by atoms with Crippen LogP contribution in [0.1, 0.15) is 12.0 Å². The maximum Gasteiger partial charge on any atom is 0.514 e. The second-order valence-corrected chi connectivity index (χ2v) is 7.01. The van der Waals surface area contributed by atoms with E-state index in [-0.39, 0.29) is 0 Å². The summed E-state index contributed by atoms with van der Waals surface area (Å²) in [6, 6.07) is 10.5. The third kappa shape index (κ3) is 4.87. The largest absolute Gasteiger partial charge is 0.514 e. The first kappa shape index (κ1) is 15.3. The molecule has 0 aliphatic carbocycles. The third-order valence-corrected chi connectivity index (χ3v) is 5.49. The molecule has 0 saturated heterocycles. The van der Waals surface area contributed by atoms with Crippen molar-refractivity contribution in [1.29, 1.82) is 0 Å². The molecule has 0 aromatic heterocycles. The Hall–Kier alpha value is -0.723. The molecule has 18 heavy (non-hydrogen) atoms. The minimum Gasteiger partial charge on any atom is -0.376 e. The molecular formula is C13H23NO3Si. The lowest BCUT2D eigenvalue weighted by Crippen LogP contribution is -2.52. The van der Waals surface area contributed by atoms with Crippen molar-refractivity contribution < 1.29 is 13.3 Å². The van der Waals surface area contributed by atoms with Gasteiger partial charge in [0.2, 0.25) is 0 Å². The first-order valence-corrected chi connectivity index (χ1v) is 8.09. The molecular weight excluding hydrogens is 246 g/mol. The Bertz CT molecular complexity index is 309. The summed E-state index contributed by atoms with van der Waals surface area (Å²) < 4.78 is 16.0. The fourth-order valence-electron chi connectivity index (χ4n) is 1.77. The van der Waals surface area contributed by atoms with Crippen LogP contribution in [0, 0.1) is 0 Å². The summed E-state index contributed by atoms with van der Waals surface area (Å²) in [5, 5.41) is 3.34. The molecule has 102 valence electrons. The zero-order valence-corrected chi connectivity index (χ0v) is 12.4. The molecule has 0 atom stereocenters. The number of aryl methyl sites for hydroxylation is 1. The van der Waals surface area contributed by atoms with Crippen molar-refractivity contribution in [3.05, 3.63) is 35.9 Å². The van der Waals surface area contributed by atoms with E-state index in [0.717, 1.165) is 19.4 Å². The minimum absolute atomic E-state index is 0.644. The molecule has 4 nitrogen and oxygen atoms in total. The van der Waals surface area contributed by atoms with Gasteiger partial charge in [0.05, 0.1) is 6.17 Å². The van der Waals surface area contributed by atoms with Gasteiger partial charge in [0.25, 0.3) is 0 Å². The van der Waals surface area contributed by atoms with Gasteiger partial charge in [0.1, 0.15) is 0 Å². The van der Waals surface area contributed by atoms with Crippen molar-refractivity contribution in [2.75, 3.05) is 34.0 Å². The third-order valence-electron chi connectivity index (χ3n) is 2.94. The molecule has 0 saturated carbocycles. The Morgan fingerprint density at radius 2 is 1.61 bits per heavy atom. The van der Waals surface area contributed by atoms with Crippen molar-refractivity contribution in [2.24, 2.45) is 0 Å². The topological polar surface area (TPSA) is 39.7 Å². The number of nitrogens with one attached hydrogen (secondary N) is 1. The van der Waals surface area contributed by atoms with Gasteiger partial charge in [-0.1, -0.05) is 30.3 Å². The molecule has 0 radical (unpaired) electrons. The normalized spacial score (nSPS) is 11.7. The van der Waals surface area contributed by atoms with E-state index in [2.05, 4.69) is 29.6 Å². The van der Waals surface area contributed by atoms with Crippen LogP contribution in [-0.4, -0.2) is 42.8 Å². The molecule has 0 bridgehead atoms. The molecule has 1 aromatic carbocycles. The summed E-state index contributed by atoms with van der Waals surface area (Å²) in [7, 11) is 2.43. The summed E-state index contributed by atoms with van der Waals surface area (Å²) in [5.41, 5.74) is 1.37. The Balaban J connectivity index is 2.18. The van der Waals surface area contributed by atoms with Gasteiger partial charge in [0.15, 0.2) is 0 Å². The van der Waals surface area contributed by atoms with E-state index in [1.165, 1.54) is 5.56 Å². The van der Waals surface area contributed by atoms with Crippen LogP contribution in [0.2, 0.25) is 0 Å². The summed E-state index contributed by atoms with van der Waals surface area (Å²) >= 11 is 0. The lowest BCUT2D eigenvalue weighted by atomic mass is 10.1. The van der Waals surface area contributed by atoms with Gasteiger partial charge in [0, 0.05) is 21.3 Å². The molecule has 0 aliphatic rings. The first-order valence-electron chi connectivity index (χ1n) is 6.16. The van der Waals surface area contributed by atoms with Crippen LogP contribution >= 0.6 is 0 Å². The maximum absolute atomic E-state index is 5.33. The maximum atomic E-state index is 5.33. The second-order valence-electron chi connectivity index (χ2n) is 4.06. The fourth-order valence-corrected chi connectivity index (χ4v) is 3.19. The Kier molecular flexibility index (Phi) is 7.15. The zero-order chi connectivity index (χ0) is 13.3. The van der Waals surface area contributed by atoms with Crippen molar-refractivity contribution in [1.82, 2.24) is 5.32 Å².